The monoisotopic (exact) mass is 383 g/mol. The highest BCUT2D eigenvalue weighted by atomic mass is 19.3. The van der Waals surface area contributed by atoms with E-state index in [4.69, 9.17) is 4.74 Å². The van der Waals surface area contributed by atoms with Crippen LogP contribution in [0.25, 0.3) is 0 Å². The second-order valence-corrected chi connectivity index (χ2v) is 5.98. The topological polar surface area (TPSA) is 47.6 Å². The molecule has 4 nitrogen and oxygen atoms in total. The Morgan fingerprint density at radius 3 is 2.25 bits per heavy atom. The van der Waals surface area contributed by atoms with E-state index in [0.717, 1.165) is 11.1 Å². The van der Waals surface area contributed by atoms with Crippen LogP contribution in [0, 0.1) is 0 Å². The lowest BCUT2D eigenvalue weighted by atomic mass is 10.0. The Labute approximate surface area is 161 Å². The summed E-state index contributed by atoms with van der Waals surface area (Å²) in [5.41, 5.74) is 2.23. The van der Waals surface area contributed by atoms with Crippen molar-refractivity contribution in [3.8, 4) is 11.5 Å². The first kappa shape index (κ1) is 19.4. The quantitative estimate of drug-likeness (QED) is 0.602. The Balaban J connectivity index is 1.63. The van der Waals surface area contributed by atoms with Gasteiger partial charge in [-0.2, -0.15) is 8.78 Å². The first-order valence-electron chi connectivity index (χ1n) is 8.70. The standard InChI is InChI=1S/C22H19F2NO3/c23-22(24)28-20-13-7-5-11-18(20)25-21(26)15-27-19-12-6-4-10-17(19)14-16-8-2-1-3-9-16/h1-13,22H,14-15H2,(H,25,26). The van der Waals surface area contributed by atoms with E-state index >= 15 is 0 Å². The van der Waals surface area contributed by atoms with Crippen molar-refractivity contribution in [2.45, 2.75) is 13.0 Å². The molecule has 144 valence electrons. The van der Waals surface area contributed by atoms with E-state index in [9.17, 15) is 13.6 Å². The number of hydrogen-bond acceptors (Lipinski definition) is 3. The largest absolute Gasteiger partial charge is 0.483 e. The summed E-state index contributed by atoms with van der Waals surface area (Å²) < 4.78 is 35.0. The third-order valence-corrected chi connectivity index (χ3v) is 3.95. The van der Waals surface area contributed by atoms with Gasteiger partial charge in [-0.25, -0.2) is 0 Å². The van der Waals surface area contributed by atoms with E-state index in [2.05, 4.69) is 10.1 Å². The molecule has 6 heteroatoms. The van der Waals surface area contributed by atoms with Crippen molar-refractivity contribution in [1.29, 1.82) is 0 Å². The van der Waals surface area contributed by atoms with Crippen LogP contribution in [-0.2, 0) is 11.2 Å². The maximum absolute atomic E-state index is 12.5. The summed E-state index contributed by atoms with van der Waals surface area (Å²) in [4.78, 5) is 12.2. The molecule has 0 saturated heterocycles. The Hall–Kier alpha value is -3.41. The number of carbonyl (C=O) groups excluding carboxylic acids is 1. The van der Waals surface area contributed by atoms with Crippen LogP contribution in [0.2, 0.25) is 0 Å². The number of para-hydroxylation sites is 3. The van der Waals surface area contributed by atoms with Crippen LogP contribution in [0.5, 0.6) is 11.5 Å². The summed E-state index contributed by atoms with van der Waals surface area (Å²) in [6, 6.07) is 23.4. The predicted molar refractivity (Wildman–Crippen MR) is 103 cm³/mol. The molecule has 3 aromatic rings. The second kappa shape index (κ2) is 9.50. The van der Waals surface area contributed by atoms with E-state index in [1.165, 1.54) is 12.1 Å². The highest BCUT2D eigenvalue weighted by Crippen LogP contribution is 2.26. The Bertz CT molecular complexity index is 916. The summed E-state index contributed by atoms with van der Waals surface area (Å²) in [7, 11) is 0. The van der Waals surface area contributed by atoms with Gasteiger partial charge in [0, 0.05) is 6.42 Å². The Morgan fingerprint density at radius 2 is 1.50 bits per heavy atom. The van der Waals surface area contributed by atoms with Crippen molar-refractivity contribution in [3.05, 3.63) is 90.0 Å². The summed E-state index contributed by atoms with van der Waals surface area (Å²) in [6.45, 7) is -3.23. The van der Waals surface area contributed by atoms with Crippen LogP contribution in [0.1, 0.15) is 11.1 Å². The van der Waals surface area contributed by atoms with Crippen molar-refractivity contribution in [2.75, 3.05) is 11.9 Å². The van der Waals surface area contributed by atoms with Crippen LogP contribution in [0.15, 0.2) is 78.9 Å². The molecule has 0 aliphatic heterocycles. The number of benzene rings is 3. The van der Waals surface area contributed by atoms with Gasteiger partial charge in [-0.05, 0) is 29.3 Å². The normalized spacial score (nSPS) is 10.5. The van der Waals surface area contributed by atoms with E-state index in [1.54, 1.807) is 18.2 Å². The Morgan fingerprint density at radius 1 is 0.857 bits per heavy atom. The first-order chi connectivity index (χ1) is 13.6. The number of carbonyl (C=O) groups is 1. The van der Waals surface area contributed by atoms with Crippen LogP contribution in [0.3, 0.4) is 0 Å². The van der Waals surface area contributed by atoms with Gasteiger partial charge in [0.25, 0.3) is 5.91 Å². The molecule has 0 aromatic heterocycles. The molecule has 0 spiro atoms. The highest BCUT2D eigenvalue weighted by Gasteiger charge is 2.12. The second-order valence-electron chi connectivity index (χ2n) is 5.98. The molecule has 0 saturated carbocycles. The smallest absolute Gasteiger partial charge is 0.387 e. The third-order valence-electron chi connectivity index (χ3n) is 3.95. The number of halogens is 2. The van der Waals surface area contributed by atoms with Gasteiger partial charge in [0.05, 0.1) is 5.69 Å². The number of nitrogens with one attached hydrogen (secondary N) is 1. The lowest BCUT2D eigenvalue weighted by Crippen LogP contribution is -2.21. The molecule has 0 aliphatic carbocycles. The number of rotatable bonds is 8. The minimum absolute atomic E-state index is 0.102. The van der Waals surface area contributed by atoms with Crippen LogP contribution in [-0.4, -0.2) is 19.1 Å². The van der Waals surface area contributed by atoms with Crippen molar-refractivity contribution >= 4 is 11.6 Å². The minimum Gasteiger partial charge on any atom is -0.483 e. The van der Waals surface area contributed by atoms with E-state index in [0.29, 0.717) is 12.2 Å². The summed E-state index contributed by atoms with van der Waals surface area (Å²) in [6.07, 6.45) is 0.670. The average Bonchev–Trinajstić information content (AvgIpc) is 2.69. The molecule has 0 atom stereocenters. The minimum atomic E-state index is -2.97. The van der Waals surface area contributed by atoms with Crippen molar-refractivity contribution in [2.24, 2.45) is 0 Å². The Kier molecular flexibility index (Phi) is 6.57. The van der Waals surface area contributed by atoms with Crippen LogP contribution in [0.4, 0.5) is 14.5 Å². The predicted octanol–water partition coefficient (Wildman–Crippen LogP) is 4.90. The molecule has 0 radical (unpaired) electrons. The maximum Gasteiger partial charge on any atom is 0.387 e. The molecule has 3 rings (SSSR count). The first-order valence-corrected chi connectivity index (χ1v) is 8.70. The van der Waals surface area contributed by atoms with Crippen LogP contribution < -0.4 is 14.8 Å². The van der Waals surface area contributed by atoms with Gasteiger partial charge in [-0.3, -0.25) is 4.79 Å². The highest BCUT2D eigenvalue weighted by molar-refractivity contribution is 5.93. The molecule has 3 aromatic carbocycles. The molecule has 0 unspecified atom stereocenters. The number of anilines is 1. The molecular weight excluding hydrogens is 364 g/mol. The van der Waals surface area contributed by atoms with Gasteiger partial charge < -0.3 is 14.8 Å². The summed E-state index contributed by atoms with van der Waals surface area (Å²) in [5.74, 6) is 0.0220. The van der Waals surface area contributed by atoms with Gasteiger partial charge in [0.1, 0.15) is 11.5 Å². The lowest BCUT2D eigenvalue weighted by Gasteiger charge is -2.13. The molecule has 0 heterocycles. The molecule has 0 fully saturated rings. The van der Waals surface area contributed by atoms with E-state index < -0.39 is 12.5 Å². The van der Waals surface area contributed by atoms with Crippen molar-refractivity contribution in [3.63, 3.8) is 0 Å². The number of ether oxygens (including phenoxy) is 2. The van der Waals surface area contributed by atoms with Crippen LogP contribution >= 0.6 is 0 Å². The van der Waals surface area contributed by atoms with Gasteiger partial charge in [0.15, 0.2) is 6.61 Å². The fourth-order valence-electron chi connectivity index (χ4n) is 2.70. The lowest BCUT2D eigenvalue weighted by molar-refractivity contribution is -0.118. The average molecular weight is 383 g/mol. The zero-order valence-electron chi connectivity index (χ0n) is 15.0. The van der Waals surface area contributed by atoms with Crippen molar-refractivity contribution < 1.29 is 23.0 Å². The zero-order chi connectivity index (χ0) is 19.8. The van der Waals surface area contributed by atoms with Gasteiger partial charge in [-0.15, -0.1) is 0 Å². The van der Waals surface area contributed by atoms with Crippen molar-refractivity contribution in [1.82, 2.24) is 0 Å². The fraction of sp³-hybridized carbons (Fsp3) is 0.136. The fourth-order valence-corrected chi connectivity index (χ4v) is 2.70. The molecule has 28 heavy (non-hydrogen) atoms. The van der Waals surface area contributed by atoms with E-state index in [-0.39, 0.29) is 18.0 Å². The summed E-state index contributed by atoms with van der Waals surface area (Å²) >= 11 is 0. The zero-order valence-corrected chi connectivity index (χ0v) is 15.0. The SMILES string of the molecule is O=C(COc1ccccc1Cc1ccccc1)Nc1ccccc1OC(F)F. The van der Waals surface area contributed by atoms with E-state index in [1.807, 2.05) is 48.5 Å². The van der Waals surface area contributed by atoms with Gasteiger partial charge in [-0.1, -0.05) is 60.7 Å². The molecule has 1 N–H and O–H groups in total. The number of hydrogen-bond donors (Lipinski definition) is 1. The third kappa shape index (κ3) is 5.54. The van der Waals surface area contributed by atoms with Gasteiger partial charge >= 0.3 is 6.61 Å². The molecule has 0 bridgehead atoms. The van der Waals surface area contributed by atoms with Gasteiger partial charge in [0.2, 0.25) is 0 Å². The molecular formula is C22H19F2NO3. The molecule has 1 amide bonds. The number of amides is 1. The summed E-state index contributed by atoms with van der Waals surface area (Å²) in [5, 5.41) is 2.53. The number of alkyl halides is 2. The molecule has 0 aliphatic rings. The maximum atomic E-state index is 12.5.